The van der Waals surface area contributed by atoms with Crippen molar-refractivity contribution in [2.24, 2.45) is 0 Å². The number of nitrogens with one attached hydrogen (secondary N) is 1. The summed E-state index contributed by atoms with van der Waals surface area (Å²) in [5.41, 5.74) is 1.15. The number of ether oxygens (including phenoxy) is 2. The van der Waals surface area contributed by atoms with E-state index in [1.165, 1.54) is 0 Å². The highest BCUT2D eigenvalue weighted by molar-refractivity contribution is 9.10. The van der Waals surface area contributed by atoms with Gasteiger partial charge < -0.3 is 14.8 Å². The Hall–Kier alpha value is -0.580. The molecule has 1 N–H and O–H groups in total. The molecule has 0 bridgehead atoms. The van der Waals surface area contributed by atoms with E-state index in [1.807, 2.05) is 26.1 Å². The number of benzene rings is 1. The summed E-state index contributed by atoms with van der Waals surface area (Å²) in [6.45, 7) is 4.69. The summed E-state index contributed by atoms with van der Waals surface area (Å²) in [7, 11) is 3.62. The maximum Gasteiger partial charge on any atom is 0.125 e. The van der Waals surface area contributed by atoms with Crippen LogP contribution in [-0.4, -0.2) is 26.9 Å². The average Bonchev–Trinajstić information content (AvgIpc) is 2.28. The number of hydrogen-bond donors (Lipinski definition) is 1. The van der Waals surface area contributed by atoms with Crippen LogP contribution >= 0.6 is 15.9 Å². The summed E-state index contributed by atoms with van der Waals surface area (Å²) in [5.74, 6) is 0.894. The summed E-state index contributed by atoms with van der Waals surface area (Å²) in [5, 5.41) is 3.22. The molecule has 0 heterocycles. The van der Waals surface area contributed by atoms with E-state index in [4.69, 9.17) is 9.47 Å². The molecule has 3 nitrogen and oxygen atoms in total. The van der Waals surface area contributed by atoms with E-state index in [0.29, 0.717) is 6.61 Å². The Bertz CT molecular complexity index is 357. The first-order valence-corrected chi connectivity index (χ1v) is 6.50. The first-order chi connectivity index (χ1) is 8.08. The van der Waals surface area contributed by atoms with Gasteiger partial charge in [-0.05, 0) is 33.0 Å². The minimum atomic E-state index is 0.0390. The maximum atomic E-state index is 5.89. The average molecular weight is 302 g/mol. The van der Waals surface area contributed by atoms with E-state index in [2.05, 4.69) is 34.2 Å². The number of rotatable bonds is 6. The Kier molecular flexibility index (Phi) is 5.95. The molecule has 1 aromatic rings. The van der Waals surface area contributed by atoms with Crippen molar-refractivity contribution in [2.75, 3.05) is 20.8 Å². The molecule has 0 saturated carbocycles. The Labute approximate surface area is 112 Å². The lowest BCUT2D eigenvalue weighted by Crippen LogP contribution is -2.20. The molecule has 1 rings (SSSR count). The Morgan fingerprint density at radius 1 is 1.35 bits per heavy atom. The van der Waals surface area contributed by atoms with Gasteiger partial charge in [0.15, 0.2) is 0 Å². The molecule has 0 aromatic heterocycles. The van der Waals surface area contributed by atoms with Crippen molar-refractivity contribution in [1.29, 1.82) is 0 Å². The first kappa shape index (κ1) is 14.5. The molecule has 0 aliphatic rings. The van der Waals surface area contributed by atoms with Gasteiger partial charge in [0.05, 0.1) is 6.61 Å². The molecule has 0 aliphatic carbocycles. The van der Waals surface area contributed by atoms with Crippen LogP contribution in [0.3, 0.4) is 0 Å². The minimum absolute atomic E-state index is 0.0390. The fourth-order valence-electron chi connectivity index (χ4n) is 1.61. The van der Waals surface area contributed by atoms with Crippen LogP contribution in [0.4, 0.5) is 0 Å². The number of halogens is 1. The maximum absolute atomic E-state index is 5.89. The van der Waals surface area contributed by atoms with Gasteiger partial charge in [-0.25, -0.2) is 0 Å². The fraction of sp³-hybridized carbons (Fsp3) is 0.538. The van der Waals surface area contributed by atoms with Gasteiger partial charge in [0.2, 0.25) is 0 Å². The smallest absolute Gasteiger partial charge is 0.125 e. The second-order valence-corrected chi connectivity index (χ2v) is 4.99. The third-order valence-corrected chi connectivity index (χ3v) is 3.10. The highest BCUT2D eigenvalue weighted by Crippen LogP contribution is 2.29. The molecule has 1 aromatic carbocycles. The van der Waals surface area contributed by atoms with Gasteiger partial charge in [-0.3, -0.25) is 0 Å². The summed E-state index contributed by atoms with van der Waals surface area (Å²) < 4.78 is 12.0. The third kappa shape index (κ3) is 4.30. The van der Waals surface area contributed by atoms with Gasteiger partial charge in [0.25, 0.3) is 0 Å². The van der Waals surface area contributed by atoms with Crippen molar-refractivity contribution < 1.29 is 9.47 Å². The highest BCUT2D eigenvalue weighted by atomic mass is 79.9. The molecule has 0 amide bonds. The Morgan fingerprint density at radius 2 is 2.06 bits per heavy atom. The molecule has 96 valence electrons. The normalized spacial score (nSPS) is 14.4. The zero-order valence-electron chi connectivity index (χ0n) is 10.8. The number of methoxy groups -OCH3 is 1. The van der Waals surface area contributed by atoms with Crippen molar-refractivity contribution in [3.8, 4) is 5.75 Å². The van der Waals surface area contributed by atoms with Crippen molar-refractivity contribution in [3.05, 3.63) is 28.2 Å². The van der Waals surface area contributed by atoms with Crippen LogP contribution in [0.1, 0.15) is 25.5 Å². The zero-order chi connectivity index (χ0) is 12.8. The van der Waals surface area contributed by atoms with Crippen LogP contribution in [0.15, 0.2) is 22.7 Å². The largest absolute Gasteiger partial charge is 0.488 e. The van der Waals surface area contributed by atoms with Gasteiger partial charge in [-0.15, -0.1) is 0 Å². The van der Waals surface area contributed by atoms with Crippen LogP contribution in [-0.2, 0) is 4.74 Å². The predicted octanol–water partition coefficient (Wildman–Crippen LogP) is 3.14. The second kappa shape index (κ2) is 6.99. The van der Waals surface area contributed by atoms with Gasteiger partial charge in [0, 0.05) is 23.2 Å². The van der Waals surface area contributed by atoms with Crippen molar-refractivity contribution >= 4 is 15.9 Å². The highest BCUT2D eigenvalue weighted by Gasteiger charge is 2.13. The van der Waals surface area contributed by atoms with E-state index in [9.17, 15) is 0 Å². The van der Waals surface area contributed by atoms with E-state index in [1.54, 1.807) is 7.11 Å². The molecular weight excluding hydrogens is 282 g/mol. The zero-order valence-corrected chi connectivity index (χ0v) is 12.4. The van der Waals surface area contributed by atoms with Crippen LogP contribution in [0.25, 0.3) is 0 Å². The van der Waals surface area contributed by atoms with Crippen LogP contribution in [0, 0.1) is 0 Å². The first-order valence-electron chi connectivity index (χ1n) is 5.70. The second-order valence-electron chi connectivity index (χ2n) is 4.08. The lowest BCUT2D eigenvalue weighted by atomic mass is 10.1. The van der Waals surface area contributed by atoms with Crippen molar-refractivity contribution in [2.45, 2.75) is 26.0 Å². The van der Waals surface area contributed by atoms with Gasteiger partial charge in [-0.1, -0.05) is 22.0 Å². The molecule has 17 heavy (non-hydrogen) atoms. The lowest BCUT2D eigenvalue weighted by Gasteiger charge is -2.20. The third-order valence-electron chi connectivity index (χ3n) is 2.60. The topological polar surface area (TPSA) is 30.5 Å². The fourth-order valence-corrected chi connectivity index (χ4v) is 1.95. The summed E-state index contributed by atoms with van der Waals surface area (Å²) in [6, 6.07) is 6.35. The Balaban J connectivity index is 2.90. The molecular formula is C13H20BrNO2. The predicted molar refractivity (Wildman–Crippen MR) is 73.6 cm³/mol. The van der Waals surface area contributed by atoms with Gasteiger partial charge >= 0.3 is 0 Å². The van der Waals surface area contributed by atoms with Crippen LogP contribution in [0.5, 0.6) is 5.75 Å². The van der Waals surface area contributed by atoms with E-state index in [0.717, 1.165) is 15.8 Å². The minimum Gasteiger partial charge on any atom is -0.488 e. The van der Waals surface area contributed by atoms with Crippen molar-refractivity contribution in [1.82, 2.24) is 5.32 Å². The summed E-state index contributed by atoms with van der Waals surface area (Å²) >= 11 is 3.46. The monoisotopic (exact) mass is 301 g/mol. The summed E-state index contributed by atoms with van der Waals surface area (Å²) in [6.07, 6.45) is 0.0390. The van der Waals surface area contributed by atoms with Gasteiger partial charge in [-0.2, -0.15) is 0 Å². The van der Waals surface area contributed by atoms with Crippen LogP contribution in [0.2, 0.25) is 0 Å². The molecule has 0 spiro atoms. The number of hydrogen-bond acceptors (Lipinski definition) is 3. The van der Waals surface area contributed by atoms with Crippen LogP contribution < -0.4 is 10.1 Å². The van der Waals surface area contributed by atoms with E-state index in [-0.39, 0.29) is 12.1 Å². The van der Waals surface area contributed by atoms with E-state index >= 15 is 0 Å². The molecule has 2 unspecified atom stereocenters. The molecule has 0 saturated heterocycles. The lowest BCUT2D eigenvalue weighted by molar-refractivity contribution is 0.0910. The molecule has 0 aliphatic heterocycles. The van der Waals surface area contributed by atoms with E-state index < -0.39 is 0 Å². The standard InChI is InChI=1S/C13H20BrNO2/c1-9(8-16-4)17-13-7-11(14)5-6-12(13)10(2)15-3/h5-7,9-10,15H,8H2,1-4H3. The quantitative estimate of drug-likeness (QED) is 0.875. The van der Waals surface area contributed by atoms with Gasteiger partial charge in [0.1, 0.15) is 11.9 Å². The Morgan fingerprint density at radius 3 is 2.65 bits per heavy atom. The summed E-state index contributed by atoms with van der Waals surface area (Å²) in [4.78, 5) is 0. The molecule has 2 atom stereocenters. The molecule has 0 fully saturated rings. The molecule has 4 heteroatoms. The van der Waals surface area contributed by atoms with Crippen molar-refractivity contribution in [3.63, 3.8) is 0 Å². The molecule has 0 radical (unpaired) electrons. The SMILES string of the molecule is CNC(C)c1ccc(Br)cc1OC(C)COC.